The van der Waals surface area contributed by atoms with Gasteiger partial charge in [-0.1, -0.05) is 36.4 Å². The minimum Gasteiger partial charge on any atom is -0.326 e. The molecule has 2 rings (SSSR count). The van der Waals surface area contributed by atoms with Crippen LogP contribution >= 0.6 is 0 Å². The number of Topliss-reactive ketones (excluding diaryl/α,β-unsaturated/α-hetero) is 1. The van der Waals surface area contributed by atoms with Crippen LogP contribution < -0.4 is 10.6 Å². The van der Waals surface area contributed by atoms with Crippen LogP contribution in [0.4, 0.5) is 11.4 Å². The van der Waals surface area contributed by atoms with Gasteiger partial charge < -0.3 is 10.6 Å². The van der Waals surface area contributed by atoms with E-state index in [0.29, 0.717) is 11.4 Å². The third-order valence-electron chi connectivity index (χ3n) is 2.83. The summed E-state index contributed by atoms with van der Waals surface area (Å²) in [6.45, 7) is 0. The van der Waals surface area contributed by atoms with E-state index in [4.69, 9.17) is 0 Å². The zero-order valence-electron chi connectivity index (χ0n) is 11.9. The van der Waals surface area contributed by atoms with Crippen molar-refractivity contribution in [3.05, 3.63) is 60.7 Å². The van der Waals surface area contributed by atoms with Gasteiger partial charge in [-0.3, -0.25) is 14.4 Å². The Bertz CT molecular complexity index is 597. The van der Waals surface area contributed by atoms with Gasteiger partial charge in [-0.2, -0.15) is 0 Å². The van der Waals surface area contributed by atoms with Crippen LogP contribution in [-0.4, -0.2) is 17.6 Å². The number of ketones is 1. The number of benzene rings is 2. The predicted molar refractivity (Wildman–Crippen MR) is 84.4 cm³/mol. The molecule has 0 radical (unpaired) electrons. The first-order chi connectivity index (χ1) is 10.6. The van der Waals surface area contributed by atoms with Gasteiger partial charge in [0.1, 0.15) is 0 Å². The molecule has 22 heavy (non-hydrogen) atoms. The van der Waals surface area contributed by atoms with Crippen molar-refractivity contribution in [2.45, 2.75) is 12.8 Å². The lowest BCUT2D eigenvalue weighted by molar-refractivity contribution is -0.128. The van der Waals surface area contributed by atoms with Gasteiger partial charge in [0, 0.05) is 11.4 Å². The first-order valence-corrected chi connectivity index (χ1v) is 6.85. The maximum absolute atomic E-state index is 11.7. The highest BCUT2D eigenvalue weighted by Crippen LogP contribution is 2.07. The SMILES string of the molecule is O=C(CC(=O)Nc1ccccc1)CC(=O)Nc1ccccc1. The van der Waals surface area contributed by atoms with E-state index in [0.717, 1.165) is 0 Å². The predicted octanol–water partition coefficient (Wildman–Crippen LogP) is 2.61. The molecule has 2 N–H and O–H groups in total. The Morgan fingerprint density at radius 3 is 1.36 bits per heavy atom. The highest BCUT2D eigenvalue weighted by molar-refractivity contribution is 6.11. The largest absolute Gasteiger partial charge is 0.326 e. The fraction of sp³-hybridized carbons (Fsp3) is 0.118. The summed E-state index contributed by atoms with van der Waals surface area (Å²) in [7, 11) is 0. The molecule has 0 bridgehead atoms. The fourth-order valence-electron chi connectivity index (χ4n) is 1.87. The molecule has 5 nitrogen and oxygen atoms in total. The monoisotopic (exact) mass is 296 g/mol. The van der Waals surface area contributed by atoms with Crippen LogP contribution in [0.25, 0.3) is 0 Å². The number of hydrogen-bond acceptors (Lipinski definition) is 3. The lowest BCUT2D eigenvalue weighted by Gasteiger charge is -2.05. The van der Waals surface area contributed by atoms with Crippen molar-refractivity contribution in [2.24, 2.45) is 0 Å². The molecule has 0 saturated heterocycles. The molecule has 2 aromatic rings. The van der Waals surface area contributed by atoms with E-state index in [1.807, 2.05) is 12.1 Å². The Balaban J connectivity index is 1.77. The van der Waals surface area contributed by atoms with Crippen LogP contribution in [0, 0.1) is 0 Å². The van der Waals surface area contributed by atoms with Crippen molar-refractivity contribution in [2.75, 3.05) is 10.6 Å². The van der Waals surface area contributed by atoms with E-state index < -0.39 is 17.6 Å². The number of carbonyl (C=O) groups excluding carboxylic acids is 3. The molecule has 0 fully saturated rings. The second-order valence-corrected chi connectivity index (χ2v) is 4.72. The van der Waals surface area contributed by atoms with Gasteiger partial charge in [-0.05, 0) is 24.3 Å². The van der Waals surface area contributed by atoms with Gasteiger partial charge in [0.25, 0.3) is 0 Å². The van der Waals surface area contributed by atoms with Crippen LogP contribution in [0.5, 0.6) is 0 Å². The zero-order chi connectivity index (χ0) is 15.8. The Hall–Kier alpha value is -2.95. The number of para-hydroxylation sites is 2. The molecule has 0 saturated carbocycles. The third-order valence-corrected chi connectivity index (χ3v) is 2.83. The number of anilines is 2. The Morgan fingerprint density at radius 2 is 1.00 bits per heavy atom. The maximum Gasteiger partial charge on any atom is 0.231 e. The molecule has 112 valence electrons. The first kappa shape index (κ1) is 15.4. The van der Waals surface area contributed by atoms with Crippen molar-refractivity contribution >= 4 is 29.0 Å². The van der Waals surface area contributed by atoms with Crippen LogP contribution in [0.15, 0.2) is 60.7 Å². The summed E-state index contributed by atoms with van der Waals surface area (Å²) in [5, 5.41) is 5.21. The topological polar surface area (TPSA) is 75.3 Å². The lowest BCUT2D eigenvalue weighted by atomic mass is 10.2. The molecule has 0 aliphatic rings. The number of rotatable bonds is 6. The van der Waals surface area contributed by atoms with Crippen molar-refractivity contribution in [1.29, 1.82) is 0 Å². The second-order valence-electron chi connectivity index (χ2n) is 4.72. The maximum atomic E-state index is 11.7. The third kappa shape index (κ3) is 5.20. The van der Waals surface area contributed by atoms with E-state index in [9.17, 15) is 14.4 Å². The van der Waals surface area contributed by atoms with Gasteiger partial charge in [0.05, 0.1) is 12.8 Å². The summed E-state index contributed by atoms with van der Waals surface area (Å²) >= 11 is 0. The van der Waals surface area contributed by atoms with Gasteiger partial charge in [-0.25, -0.2) is 0 Å². The average molecular weight is 296 g/mol. The van der Waals surface area contributed by atoms with E-state index >= 15 is 0 Å². The molecule has 2 aromatic carbocycles. The number of nitrogens with one attached hydrogen (secondary N) is 2. The van der Waals surface area contributed by atoms with Crippen molar-refractivity contribution in [1.82, 2.24) is 0 Å². The van der Waals surface area contributed by atoms with Crippen molar-refractivity contribution in [3.63, 3.8) is 0 Å². The van der Waals surface area contributed by atoms with Crippen molar-refractivity contribution < 1.29 is 14.4 Å². The molecule has 0 aliphatic carbocycles. The number of hydrogen-bond donors (Lipinski definition) is 2. The first-order valence-electron chi connectivity index (χ1n) is 6.85. The van der Waals surface area contributed by atoms with Gasteiger partial charge in [0.2, 0.25) is 11.8 Å². The molecule has 0 aliphatic heterocycles. The number of carbonyl (C=O) groups is 3. The Kier molecular flexibility index (Phi) is 5.43. The van der Waals surface area contributed by atoms with E-state index in [1.165, 1.54) is 0 Å². The summed E-state index contributed by atoms with van der Waals surface area (Å²) < 4.78 is 0. The lowest BCUT2D eigenvalue weighted by Crippen LogP contribution is -2.21. The van der Waals surface area contributed by atoms with Crippen molar-refractivity contribution in [3.8, 4) is 0 Å². The second kappa shape index (κ2) is 7.73. The quantitative estimate of drug-likeness (QED) is 0.805. The van der Waals surface area contributed by atoms with Crippen LogP contribution in [0.1, 0.15) is 12.8 Å². The molecular weight excluding hydrogens is 280 g/mol. The van der Waals surface area contributed by atoms with Gasteiger partial charge >= 0.3 is 0 Å². The Labute approximate surface area is 128 Å². The van der Waals surface area contributed by atoms with E-state index in [1.54, 1.807) is 48.5 Å². The van der Waals surface area contributed by atoms with Crippen LogP contribution in [0.3, 0.4) is 0 Å². The van der Waals surface area contributed by atoms with Crippen LogP contribution in [0.2, 0.25) is 0 Å². The molecule has 0 heterocycles. The molecular formula is C17H16N2O3. The van der Waals surface area contributed by atoms with E-state index in [2.05, 4.69) is 10.6 Å². The summed E-state index contributed by atoms with van der Waals surface area (Å²) in [6, 6.07) is 17.7. The summed E-state index contributed by atoms with van der Waals surface area (Å²) in [5.74, 6) is -1.28. The average Bonchev–Trinajstić information content (AvgIpc) is 2.48. The molecule has 0 aromatic heterocycles. The summed E-state index contributed by atoms with van der Waals surface area (Å²) in [6.07, 6.45) is -0.645. The minimum atomic E-state index is -0.429. The number of amides is 2. The van der Waals surface area contributed by atoms with E-state index in [-0.39, 0.29) is 12.8 Å². The standard InChI is InChI=1S/C17H16N2O3/c20-15(11-16(21)18-13-7-3-1-4-8-13)12-17(22)19-14-9-5-2-6-10-14/h1-10H,11-12H2,(H,18,21)(H,19,22). The van der Waals surface area contributed by atoms with Crippen LogP contribution in [-0.2, 0) is 14.4 Å². The van der Waals surface area contributed by atoms with Gasteiger partial charge in [0.15, 0.2) is 5.78 Å². The summed E-state index contributed by atoms with van der Waals surface area (Å²) in [5.41, 5.74) is 1.24. The zero-order valence-corrected chi connectivity index (χ0v) is 11.9. The highest BCUT2D eigenvalue weighted by Gasteiger charge is 2.14. The molecule has 0 spiro atoms. The Morgan fingerprint density at radius 1 is 0.636 bits per heavy atom. The highest BCUT2D eigenvalue weighted by atomic mass is 16.2. The molecule has 5 heteroatoms. The minimum absolute atomic E-state index is 0.322. The normalized spacial score (nSPS) is 9.82. The smallest absolute Gasteiger partial charge is 0.231 e. The molecule has 2 amide bonds. The van der Waals surface area contributed by atoms with Gasteiger partial charge in [-0.15, -0.1) is 0 Å². The molecule has 0 atom stereocenters. The molecule has 0 unspecified atom stereocenters. The summed E-state index contributed by atoms with van der Waals surface area (Å²) in [4.78, 5) is 35.1. The fourth-order valence-corrected chi connectivity index (χ4v) is 1.87.